The third kappa shape index (κ3) is 4.38. The van der Waals surface area contributed by atoms with E-state index >= 15 is 0 Å². The molecule has 0 aliphatic rings. The first-order valence-corrected chi connectivity index (χ1v) is 7.22. The van der Waals surface area contributed by atoms with Gasteiger partial charge in [-0.25, -0.2) is 5.84 Å². The highest BCUT2D eigenvalue weighted by Gasteiger charge is 2.10. The number of hydrogen-bond acceptors (Lipinski definition) is 4. The summed E-state index contributed by atoms with van der Waals surface area (Å²) in [4.78, 5) is 11.7. The molecule has 2 rings (SSSR count). The van der Waals surface area contributed by atoms with Crippen molar-refractivity contribution in [2.75, 3.05) is 18.5 Å². The van der Waals surface area contributed by atoms with Crippen molar-refractivity contribution in [3.05, 3.63) is 58.6 Å². The van der Waals surface area contributed by atoms with Crippen LogP contribution in [-0.2, 0) is 0 Å². The van der Waals surface area contributed by atoms with Gasteiger partial charge in [-0.05, 0) is 37.3 Å². The number of amides is 1. The van der Waals surface area contributed by atoms with Crippen LogP contribution in [0.5, 0.6) is 5.75 Å². The summed E-state index contributed by atoms with van der Waals surface area (Å²) in [7, 11) is 0. The second-order valence-corrected chi connectivity index (χ2v) is 5.19. The van der Waals surface area contributed by atoms with E-state index in [1.807, 2.05) is 31.2 Å². The van der Waals surface area contributed by atoms with Crippen LogP contribution in [-0.4, -0.2) is 19.1 Å². The highest BCUT2D eigenvalue weighted by atomic mass is 35.5. The molecule has 0 heterocycles. The zero-order valence-corrected chi connectivity index (χ0v) is 13.0. The molecule has 5 nitrogen and oxygen atoms in total. The molecule has 6 heteroatoms. The van der Waals surface area contributed by atoms with Crippen LogP contribution in [0.3, 0.4) is 0 Å². The number of nitrogens with one attached hydrogen (secondary N) is 2. The largest absolute Gasteiger partial charge is 0.492 e. The van der Waals surface area contributed by atoms with Crippen LogP contribution < -0.4 is 21.3 Å². The van der Waals surface area contributed by atoms with Crippen molar-refractivity contribution in [2.24, 2.45) is 5.84 Å². The number of nitrogens with two attached hydrogens (primary N) is 1. The van der Waals surface area contributed by atoms with E-state index in [1.54, 1.807) is 18.2 Å². The van der Waals surface area contributed by atoms with Crippen molar-refractivity contribution in [1.29, 1.82) is 0 Å². The van der Waals surface area contributed by atoms with E-state index in [2.05, 4.69) is 10.7 Å². The Labute approximate surface area is 134 Å². The predicted molar refractivity (Wildman–Crippen MR) is 88.3 cm³/mol. The summed E-state index contributed by atoms with van der Waals surface area (Å²) in [5, 5.41) is 3.61. The van der Waals surface area contributed by atoms with Gasteiger partial charge in [-0.2, -0.15) is 0 Å². The van der Waals surface area contributed by atoms with Gasteiger partial charge in [0.1, 0.15) is 12.4 Å². The van der Waals surface area contributed by atoms with Crippen molar-refractivity contribution in [3.8, 4) is 5.75 Å². The molecule has 2 aromatic rings. The fraction of sp³-hybridized carbons (Fsp3) is 0.188. The van der Waals surface area contributed by atoms with Crippen LogP contribution in [0.25, 0.3) is 0 Å². The smallest absolute Gasteiger partial charge is 0.267 e. The first-order chi connectivity index (χ1) is 10.6. The summed E-state index contributed by atoms with van der Waals surface area (Å²) in [6, 6.07) is 12.8. The van der Waals surface area contributed by atoms with E-state index in [0.29, 0.717) is 29.4 Å². The van der Waals surface area contributed by atoms with Gasteiger partial charge < -0.3 is 10.1 Å². The molecule has 0 atom stereocenters. The van der Waals surface area contributed by atoms with E-state index in [0.717, 1.165) is 5.75 Å². The molecule has 0 aromatic heterocycles. The third-order valence-electron chi connectivity index (χ3n) is 3.06. The van der Waals surface area contributed by atoms with Gasteiger partial charge in [-0.3, -0.25) is 10.2 Å². The normalized spacial score (nSPS) is 10.1. The van der Waals surface area contributed by atoms with Crippen molar-refractivity contribution < 1.29 is 9.53 Å². The highest BCUT2D eigenvalue weighted by Crippen LogP contribution is 2.20. The molecule has 2 aromatic carbocycles. The molecule has 0 bridgehead atoms. The van der Waals surface area contributed by atoms with Gasteiger partial charge in [-0.15, -0.1) is 0 Å². The summed E-state index contributed by atoms with van der Waals surface area (Å²) in [6.07, 6.45) is 0. The molecule has 0 aliphatic carbocycles. The summed E-state index contributed by atoms with van der Waals surface area (Å²) in [6.45, 7) is 3.03. The Balaban J connectivity index is 1.91. The Bertz CT molecular complexity index is 644. The lowest BCUT2D eigenvalue weighted by molar-refractivity contribution is 0.0954. The molecule has 0 saturated carbocycles. The topological polar surface area (TPSA) is 76.4 Å². The molecule has 4 N–H and O–H groups in total. The SMILES string of the molecule is Cc1ccc(OCCNc2ccc(Cl)cc2C(=O)NN)cc1. The molecular formula is C16H18ClN3O2. The number of anilines is 1. The Hall–Kier alpha value is -2.24. The lowest BCUT2D eigenvalue weighted by Gasteiger charge is -2.12. The molecule has 0 aliphatic heterocycles. The van der Waals surface area contributed by atoms with E-state index in [4.69, 9.17) is 22.2 Å². The van der Waals surface area contributed by atoms with Gasteiger partial charge in [0.05, 0.1) is 5.56 Å². The molecular weight excluding hydrogens is 302 g/mol. The number of aryl methyl sites for hydroxylation is 1. The van der Waals surface area contributed by atoms with Gasteiger partial charge in [0.2, 0.25) is 0 Å². The second kappa shape index (κ2) is 7.68. The maximum Gasteiger partial charge on any atom is 0.267 e. The second-order valence-electron chi connectivity index (χ2n) is 4.75. The van der Waals surface area contributed by atoms with Crippen molar-refractivity contribution in [2.45, 2.75) is 6.92 Å². The third-order valence-corrected chi connectivity index (χ3v) is 3.30. The molecule has 0 radical (unpaired) electrons. The van der Waals surface area contributed by atoms with Crippen LogP contribution >= 0.6 is 11.6 Å². The average molecular weight is 320 g/mol. The van der Waals surface area contributed by atoms with Crippen LogP contribution in [0.15, 0.2) is 42.5 Å². The Kier molecular flexibility index (Phi) is 5.63. The molecule has 0 saturated heterocycles. The Morgan fingerprint density at radius 3 is 2.64 bits per heavy atom. The Morgan fingerprint density at radius 2 is 1.95 bits per heavy atom. The first-order valence-electron chi connectivity index (χ1n) is 6.84. The minimum atomic E-state index is -0.399. The van der Waals surface area contributed by atoms with Gasteiger partial charge >= 0.3 is 0 Å². The maximum atomic E-state index is 11.7. The van der Waals surface area contributed by atoms with Crippen LogP contribution in [0.1, 0.15) is 15.9 Å². The Morgan fingerprint density at radius 1 is 1.23 bits per heavy atom. The monoisotopic (exact) mass is 319 g/mol. The predicted octanol–water partition coefficient (Wildman–Crippen LogP) is 2.74. The minimum Gasteiger partial charge on any atom is -0.492 e. The lowest BCUT2D eigenvalue weighted by Crippen LogP contribution is -2.30. The molecule has 116 valence electrons. The van der Waals surface area contributed by atoms with Gasteiger partial charge in [0, 0.05) is 17.3 Å². The van der Waals surface area contributed by atoms with Crippen LogP contribution in [0, 0.1) is 6.92 Å². The standard InChI is InChI=1S/C16H18ClN3O2/c1-11-2-5-13(6-3-11)22-9-8-19-15-7-4-12(17)10-14(15)16(21)20-18/h2-7,10,19H,8-9,18H2,1H3,(H,20,21). The number of benzene rings is 2. The number of halogens is 1. The molecule has 1 amide bonds. The van der Waals surface area contributed by atoms with E-state index in [-0.39, 0.29) is 0 Å². The number of carbonyl (C=O) groups excluding carboxylic acids is 1. The van der Waals surface area contributed by atoms with Crippen molar-refractivity contribution in [3.63, 3.8) is 0 Å². The fourth-order valence-corrected chi connectivity index (χ4v) is 2.10. The average Bonchev–Trinajstić information content (AvgIpc) is 2.53. The fourth-order valence-electron chi connectivity index (χ4n) is 1.93. The van der Waals surface area contributed by atoms with Gasteiger partial charge in [-0.1, -0.05) is 29.3 Å². The number of nitrogen functional groups attached to an aromatic ring is 1. The van der Waals surface area contributed by atoms with Crippen LogP contribution in [0.4, 0.5) is 5.69 Å². The van der Waals surface area contributed by atoms with E-state index in [9.17, 15) is 4.79 Å². The van der Waals surface area contributed by atoms with Crippen molar-refractivity contribution in [1.82, 2.24) is 5.43 Å². The van der Waals surface area contributed by atoms with Gasteiger partial charge in [0.25, 0.3) is 5.91 Å². The summed E-state index contributed by atoms with van der Waals surface area (Å²) in [5.41, 5.74) is 4.33. The summed E-state index contributed by atoms with van der Waals surface area (Å²) >= 11 is 5.90. The number of rotatable bonds is 6. The zero-order valence-electron chi connectivity index (χ0n) is 12.2. The minimum absolute atomic E-state index is 0.394. The molecule has 0 spiro atoms. The van der Waals surface area contributed by atoms with Crippen LogP contribution in [0.2, 0.25) is 5.02 Å². The quantitative estimate of drug-likeness (QED) is 0.331. The summed E-state index contributed by atoms with van der Waals surface area (Å²) < 4.78 is 5.62. The number of carbonyl (C=O) groups is 1. The maximum absolute atomic E-state index is 11.7. The van der Waals surface area contributed by atoms with Gasteiger partial charge in [0.15, 0.2) is 0 Å². The molecule has 0 unspecified atom stereocenters. The number of hydrazine groups is 1. The lowest BCUT2D eigenvalue weighted by atomic mass is 10.1. The highest BCUT2D eigenvalue weighted by molar-refractivity contribution is 6.31. The number of ether oxygens (including phenoxy) is 1. The van der Waals surface area contributed by atoms with E-state index in [1.165, 1.54) is 5.56 Å². The first kappa shape index (κ1) is 16.1. The zero-order chi connectivity index (χ0) is 15.9. The summed E-state index contributed by atoms with van der Waals surface area (Å²) in [5.74, 6) is 5.58. The van der Waals surface area contributed by atoms with Crippen molar-refractivity contribution >= 4 is 23.2 Å². The molecule has 22 heavy (non-hydrogen) atoms. The van der Waals surface area contributed by atoms with E-state index < -0.39 is 5.91 Å². The molecule has 0 fully saturated rings. The number of hydrogen-bond donors (Lipinski definition) is 3.